The van der Waals surface area contributed by atoms with Gasteiger partial charge in [-0.2, -0.15) is 0 Å². The van der Waals surface area contributed by atoms with E-state index in [-0.39, 0.29) is 11.7 Å². The number of aliphatic hydroxyl groups is 4. The fourth-order valence-electron chi connectivity index (χ4n) is 1.57. The molecular weight excluding hydrogens is 310 g/mol. The Morgan fingerprint density at radius 3 is 2.22 bits per heavy atom. The molecule has 9 nitrogen and oxygen atoms in total. The van der Waals surface area contributed by atoms with Crippen LogP contribution in [-0.2, 0) is 14.3 Å². The number of phenols is 1. The number of esters is 1. The summed E-state index contributed by atoms with van der Waals surface area (Å²) in [5.74, 6) is -2.70. The third kappa shape index (κ3) is 5.16. The summed E-state index contributed by atoms with van der Waals surface area (Å²) in [6, 6.07) is 6.31. The predicted octanol–water partition coefficient (Wildman–Crippen LogP) is -0.0568. The smallest absolute Gasteiger partial charge is 0.377 e. The standard InChI is InChI=1S/C8H9NO2.C6H8O6/c1-6(10)9-7-2-4-8(11)5-3-7;7-1-2(8)5-3(9)4(10)6(11)12-5/h2-5,11H,1H3,(H,9,10);2,5,7-10H,1H2/t;2-,5+/m.0/s1. The van der Waals surface area contributed by atoms with Gasteiger partial charge in [0.25, 0.3) is 0 Å². The molecule has 0 saturated carbocycles. The van der Waals surface area contributed by atoms with Crippen molar-refractivity contribution >= 4 is 17.6 Å². The first-order valence-corrected chi connectivity index (χ1v) is 6.44. The van der Waals surface area contributed by atoms with Gasteiger partial charge in [0.1, 0.15) is 11.9 Å². The Morgan fingerprint density at radius 2 is 1.83 bits per heavy atom. The summed E-state index contributed by atoms with van der Waals surface area (Å²) in [6.45, 7) is 0.766. The molecule has 0 saturated heterocycles. The Labute approximate surface area is 131 Å². The number of benzene rings is 1. The van der Waals surface area contributed by atoms with E-state index < -0.39 is 36.3 Å². The first kappa shape index (κ1) is 18.3. The lowest BCUT2D eigenvalue weighted by Gasteiger charge is -2.13. The van der Waals surface area contributed by atoms with Crippen LogP contribution in [0.5, 0.6) is 5.75 Å². The summed E-state index contributed by atoms with van der Waals surface area (Å²) in [4.78, 5) is 21.1. The van der Waals surface area contributed by atoms with Crippen LogP contribution in [0.25, 0.3) is 0 Å². The lowest BCUT2D eigenvalue weighted by atomic mass is 10.2. The van der Waals surface area contributed by atoms with E-state index in [9.17, 15) is 9.59 Å². The van der Waals surface area contributed by atoms with Crippen molar-refractivity contribution in [3.63, 3.8) is 0 Å². The van der Waals surface area contributed by atoms with Crippen molar-refractivity contribution in [3.8, 4) is 5.75 Å². The number of rotatable bonds is 3. The van der Waals surface area contributed by atoms with E-state index in [0.29, 0.717) is 5.69 Å². The van der Waals surface area contributed by atoms with Crippen LogP contribution in [0.2, 0.25) is 0 Å². The zero-order chi connectivity index (χ0) is 17.6. The summed E-state index contributed by atoms with van der Waals surface area (Å²) in [5.41, 5.74) is 0.690. The molecule has 2 atom stereocenters. The number of hydrogen-bond donors (Lipinski definition) is 6. The van der Waals surface area contributed by atoms with E-state index in [1.54, 1.807) is 12.1 Å². The zero-order valence-electron chi connectivity index (χ0n) is 12.1. The summed E-state index contributed by atoms with van der Waals surface area (Å²) in [7, 11) is 0. The minimum absolute atomic E-state index is 0.115. The summed E-state index contributed by atoms with van der Waals surface area (Å²) in [5, 5.41) is 46.5. The normalized spacial score (nSPS) is 17.9. The molecule has 0 bridgehead atoms. The number of nitrogens with one attached hydrogen (secondary N) is 1. The van der Waals surface area contributed by atoms with E-state index in [1.807, 2.05) is 0 Å². The molecule has 1 aromatic carbocycles. The Bertz CT molecular complexity index is 595. The molecule has 6 N–H and O–H groups in total. The highest BCUT2D eigenvalue weighted by Crippen LogP contribution is 2.20. The van der Waals surface area contributed by atoms with Crippen LogP contribution in [0.3, 0.4) is 0 Å². The van der Waals surface area contributed by atoms with E-state index >= 15 is 0 Å². The molecule has 2 rings (SSSR count). The lowest BCUT2D eigenvalue weighted by molar-refractivity contribution is -0.147. The highest BCUT2D eigenvalue weighted by Gasteiger charge is 2.38. The number of ether oxygens (including phenoxy) is 1. The minimum atomic E-state index is -1.42. The molecule has 0 aliphatic carbocycles. The second-order valence-corrected chi connectivity index (χ2v) is 4.54. The molecule has 0 spiro atoms. The molecule has 9 heteroatoms. The Hall–Kier alpha value is -2.78. The molecule has 0 radical (unpaired) electrons. The topological polar surface area (TPSA) is 157 Å². The van der Waals surface area contributed by atoms with Crippen molar-refractivity contribution in [1.82, 2.24) is 0 Å². The van der Waals surface area contributed by atoms with Crippen LogP contribution in [0, 0.1) is 0 Å². The Balaban J connectivity index is 0.000000231. The highest BCUT2D eigenvalue weighted by molar-refractivity contribution is 5.89. The monoisotopic (exact) mass is 327 g/mol. The largest absolute Gasteiger partial charge is 0.508 e. The molecule has 0 fully saturated rings. The number of aromatic hydroxyl groups is 1. The van der Waals surface area contributed by atoms with Crippen molar-refractivity contribution in [1.29, 1.82) is 0 Å². The van der Waals surface area contributed by atoms with Gasteiger partial charge in [0.05, 0.1) is 6.61 Å². The highest BCUT2D eigenvalue weighted by atomic mass is 16.6. The number of amides is 1. The van der Waals surface area contributed by atoms with Crippen molar-refractivity contribution in [2.75, 3.05) is 11.9 Å². The average Bonchev–Trinajstić information content (AvgIpc) is 2.77. The first-order valence-electron chi connectivity index (χ1n) is 6.44. The molecule has 0 unspecified atom stereocenters. The van der Waals surface area contributed by atoms with Crippen LogP contribution in [-0.4, -0.2) is 56.2 Å². The summed E-state index contributed by atoms with van der Waals surface area (Å²) in [6.07, 6.45) is -2.78. The molecule has 1 aliphatic heterocycles. The molecule has 1 aromatic rings. The second-order valence-electron chi connectivity index (χ2n) is 4.54. The van der Waals surface area contributed by atoms with Gasteiger partial charge in [-0.3, -0.25) is 4.79 Å². The number of anilines is 1. The van der Waals surface area contributed by atoms with Gasteiger partial charge in [0, 0.05) is 12.6 Å². The van der Waals surface area contributed by atoms with Gasteiger partial charge in [-0.25, -0.2) is 4.79 Å². The first-order chi connectivity index (χ1) is 10.8. The molecule has 1 heterocycles. The molecule has 23 heavy (non-hydrogen) atoms. The molecule has 126 valence electrons. The maximum Gasteiger partial charge on any atom is 0.377 e. The van der Waals surface area contributed by atoms with Crippen LogP contribution in [0.15, 0.2) is 35.8 Å². The number of phenolic OH excluding ortho intramolecular Hbond substituents is 1. The molecule has 1 amide bonds. The Morgan fingerprint density at radius 1 is 1.26 bits per heavy atom. The molecule has 1 aliphatic rings. The van der Waals surface area contributed by atoms with E-state index in [0.717, 1.165) is 0 Å². The molecule has 0 aromatic heterocycles. The third-order valence-electron chi connectivity index (χ3n) is 2.66. The maximum atomic E-state index is 10.5. The van der Waals surface area contributed by atoms with Gasteiger partial charge < -0.3 is 35.6 Å². The molecular formula is C14H17NO8. The predicted molar refractivity (Wildman–Crippen MR) is 77.7 cm³/mol. The fourth-order valence-corrected chi connectivity index (χ4v) is 1.57. The number of aliphatic hydroxyl groups excluding tert-OH is 4. The van der Waals surface area contributed by atoms with Crippen LogP contribution < -0.4 is 5.32 Å². The SMILES string of the molecule is CC(=O)Nc1ccc(O)cc1.O=C1O[C@H]([C@@H](O)CO)C(O)=C1O. The van der Waals surface area contributed by atoms with Crippen LogP contribution in [0.1, 0.15) is 6.92 Å². The second kappa shape index (κ2) is 8.01. The van der Waals surface area contributed by atoms with Crippen LogP contribution in [0.4, 0.5) is 5.69 Å². The van der Waals surface area contributed by atoms with E-state index in [1.165, 1.54) is 19.1 Å². The maximum absolute atomic E-state index is 10.5. The summed E-state index contributed by atoms with van der Waals surface area (Å²) >= 11 is 0. The Kier molecular flexibility index (Phi) is 6.36. The van der Waals surface area contributed by atoms with Gasteiger partial charge in [0.15, 0.2) is 11.9 Å². The quantitative estimate of drug-likeness (QED) is 0.333. The van der Waals surface area contributed by atoms with Crippen molar-refractivity contribution in [3.05, 3.63) is 35.8 Å². The van der Waals surface area contributed by atoms with Gasteiger partial charge in [-0.1, -0.05) is 0 Å². The zero-order valence-corrected chi connectivity index (χ0v) is 12.1. The van der Waals surface area contributed by atoms with Gasteiger partial charge in [0.2, 0.25) is 11.7 Å². The fraction of sp³-hybridized carbons (Fsp3) is 0.286. The number of carbonyl (C=O) groups excluding carboxylic acids is 2. The lowest BCUT2D eigenvalue weighted by Crippen LogP contribution is -2.31. The minimum Gasteiger partial charge on any atom is -0.508 e. The van der Waals surface area contributed by atoms with Crippen molar-refractivity contribution < 1.29 is 39.9 Å². The number of hydrogen-bond acceptors (Lipinski definition) is 8. The van der Waals surface area contributed by atoms with Gasteiger partial charge in [-0.15, -0.1) is 0 Å². The van der Waals surface area contributed by atoms with Gasteiger partial charge in [-0.05, 0) is 24.3 Å². The van der Waals surface area contributed by atoms with Crippen molar-refractivity contribution in [2.24, 2.45) is 0 Å². The third-order valence-corrected chi connectivity index (χ3v) is 2.66. The van der Waals surface area contributed by atoms with Crippen molar-refractivity contribution in [2.45, 2.75) is 19.1 Å². The average molecular weight is 327 g/mol. The number of carbonyl (C=O) groups is 2. The van der Waals surface area contributed by atoms with Crippen LogP contribution >= 0.6 is 0 Å². The van der Waals surface area contributed by atoms with E-state index in [4.69, 9.17) is 25.5 Å². The van der Waals surface area contributed by atoms with E-state index in [2.05, 4.69) is 10.1 Å². The van der Waals surface area contributed by atoms with Gasteiger partial charge >= 0.3 is 5.97 Å². The number of cyclic esters (lactones) is 1. The summed E-state index contributed by atoms with van der Waals surface area (Å²) < 4.78 is 4.32.